The van der Waals surface area contributed by atoms with Gasteiger partial charge in [-0.1, -0.05) is 6.42 Å². The molecule has 0 saturated carbocycles. The summed E-state index contributed by atoms with van der Waals surface area (Å²) in [6, 6.07) is 0.719. The van der Waals surface area contributed by atoms with Gasteiger partial charge in [-0.05, 0) is 45.1 Å². The molecule has 0 aromatic carbocycles. The van der Waals surface area contributed by atoms with Gasteiger partial charge < -0.3 is 9.80 Å². The van der Waals surface area contributed by atoms with Crippen LogP contribution in [-0.4, -0.2) is 47.1 Å². The second-order valence-electron chi connectivity index (χ2n) is 6.50. The first kappa shape index (κ1) is 14.7. The lowest BCUT2D eigenvalue weighted by atomic mass is 9.95. The van der Waals surface area contributed by atoms with Crippen LogP contribution in [0.1, 0.15) is 39.0 Å². The van der Waals surface area contributed by atoms with E-state index in [2.05, 4.69) is 26.7 Å². The SMILES string of the molecule is C[C@@H]1CCCCN1C[C@@H]1CCCN(c2ncc(F)cn2)C1. The van der Waals surface area contributed by atoms with Crippen LogP contribution in [0, 0.1) is 11.7 Å². The van der Waals surface area contributed by atoms with Crippen molar-refractivity contribution in [1.29, 1.82) is 0 Å². The van der Waals surface area contributed by atoms with Crippen LogP contribution in [-0.2, 0) is 0 Å². The third kappa shape index (κ3) is 3.70. The number of likely N-dealkylation sites (tertiary alicyclic amines) is 1. The molecule has 116 valence electrons. The van der Waals surface area contributed by atoms with E-state index in [0.717, 1.165) is 19.1 Å². The molecule has 2 fully saturated rings. The molecule has 21 heavy (non-hydrogen) atoms. The van der Waals surface area contributed by atoms with Crippen molar-refractivity contribution in [1.82, 2.24) is 14.9 Å². The van der Waals surface area contributed by atoms with E-state index < -0.39 is 0 Å². The highest BCUT2D eigenvalue weighted by Crippen LogP contribution is 2.24. The van der Waals surface area contributed by atoms with Crippen molar-refractivity contribution in [2.45, 2.75) is 45.1 Å². The fourth-order valence-electron chi connectivity index (χ4n) is 3.62. The molecule has 5 heteroatoms. The second kappa shape index (κ2) is 6.69. The fraction of sp³-hybridized carbons (Fsp3) is 0.750. The van der Waals surface area contributed by atoms with Crippen molar-refractivity contribution < 1.29 is 4.39 Å². The van der Waals surface area contributed by atoms with Crippen LogP contribution < -0.4 is 4.90 Å². The van der Waals surface area contributed by atoms with Gasteiger partial charge in [0.05, 0.1) is 12.4 Å². The lowest BCUT2D eigenvalue weighted by Crippen LogP contribution is -2.45. The standard InChI is InChI=1S/C16H25FN4/c1-13-5-2-3-7-20(13)11-14-6-4-8-21(12-14)16-18-9-15(17)10-19-16/h9-10,13-14H,2-8,11-12H2,1H3/t13-,14+/m1/s1. The molecule has 1 aromatic heterocycles. The lowest BCUT2D eigenvalue weighted by molar-refractivity contribution is 0.130. The highest BCUT2D eigenvalue weighted by molar-refractivity contribution is 5.29. The van der Waals surface area contributed by atoms with Crippen LogP contribution >= 0.6 is 0 Å². The molecule has 2 saturated heterocycles. The van der Waals surface area contributed by atoms with Gasteiger partial charge in [0.25, 0.3) is 0 Å². The minimum atomic E-state index is -0.366. The van der Waals surface area contributed by atoms with Gasteiger partial charge in [-0.25, -0.2) is 14.4 Å². The van der Waals surface area contributed by atoms with Crippen molar-refractivity contribution in [2.24, 2.45) is 5.92 Å². The summed E-state index contributed by atoms with van der Waals surface area (Å²) in [5.74, 6) is 0.982. The normalized spacial score (nSPS) is 27.8. The largest absolute Gasteiger partial charge is 0.341 e. The first-order valence-electron chi connectivity index (χ1n) is 8.19. The Hall–Kier alpha value is -1.23. The lowest BCUT2D eigenvalue weighted by Gasteiger charge is -2.39. The van der Waals surface area contributed by atoms with Gasteiger partial charge in [0.1, 0.15) is 0 Å². The Labute approximate surface area is 126 Å². The zero-order valence-corrected chi connectivity index (χ0v) is 12.8. The molecule has 1 aromatic rings. The number of nitrogens with zero attached hydrogens (tertiary/aromatic N) is 4. The first-order chi connectivity index (χ1) is 10.2. The molecule has 2 aliphatic heterocycles. The maximum Gasteiger partial charge on any atom is 0.225 e. The van der Waals surface area contributed by atoms with Crippen LogP contribution in [0.25, 0.3) is 0 Å². The summed E-state index contributed by atoms with van der Waals surface area (Å²) in [5, 5.41) is 0. The van der Waals surface area contributed by atoms with Crippen LogP contribution in [0.4, 0.5) is 10.3 Å². The number of anilines is 1. The molecule has 3 heterocycles. The van der Waals surface area contributed by atoms with E-state index in [1.54, 1.807) is 0 Å². The van der Waals surface area contributed by atoms with Crippen LogP contribution in [0.15, 0.2) is 12.4 Å². The number of hydrogen-bond acceptors (Lipinski definition) is 4. The molecule has 3 rings (SSSR count). The number of hydrogen-bond donors (Lipinski definition) is 0. The summed E-state index contributed by atoms with van der Waals surface area (Å²) in [6.07, 6.45) is 9.02. The Morgan fingerprint density at radius 3 is 2.71 bits per heavy atom. The summed E-state index contributed by atoms with van der Waals surface area (Å²) in [6.45, 7) is 6.75. The molecule has 2 aliphatic rings. The summed E-state index contributed by atoms with van der Waals surface area (Å²) in [4.78, 5) is 13.1. The molecule has 0 spiro atoms. The predicted octanol–water partition coefficient (Wildman–Crippen LogP) is 2.71. The monoisotopic (exact) mass is 292 g/mol. The number of aromatic nitrogens is 2. The number of piperidine rings is 2. The fourth-order valence-corrected chi connectivity index (χ4v) is 3.62. The van der Waals surface area contributed by atoms with Crippen LogP contribution in [0.3, 0.4) is 0 Å². The molecule has 0 radical (unpaired) electrons. The van der Waals surface area contributed by atoms with Gasteiger partial charge >= 0.3 is 0 Å². The molecule has 0 bridgehead atoms. The van der Waals surface area contributed by atoms with Gasteiger partial charge in [-0.2, -0.15) is 0 Å². The van der Waals surface area contributed by atoms with E-state index >= 15 is 0 Å². The van der Waals surface area contributed by atoms with E-state index in [0.29, 0.717) is 11.9 Å². The predicted molar refractivity (Wildman–Crippen MR) is 81.8 cm³/mol. The maximum absolute atomic E-state index is 12.9. The molecular formula is C16H25FN4. The van der Waals surface area contributed by atoms with Crippen molar-refractivity contribution >= 4 is 5.95 Å². The smallest absolute Gasteiger partial charge is 0.225 e. The van der Waals surface area contributed by atoms with Crippen LogP contribution in [0.5, 0.6) is 0 Å². The minimum Gasteiger partial charge on any atom is -0.341 e. The van der Waals surface area contributed by atoms with Gasteiger partial charge in [0.2, 0.25) is 5.95 Å². The van der Waals surface area contributed by atoms with Gasteiger partial charge in [0.15, 0.2) is 5.82 Å². The van der Waals surface area contributed by atoms with Gasteiger partial charge in [-0.15, -0.1) is 0 Å². The van der Waals surface area contributed by atoms with Crippen molar-refractivity contribution in [3.63, 3.8) is 0 Å². The third-order valence-electron chi connectivity index (χ3n) is 4.84. The third-order valence-corrected chi connectivity index (χ3v) is 4.84. The maximum atomic E-state index is 12.9. The summed E-state index contributed by atoms with van der Waals surface area (Å²) >= 11 is 0. The van der Waals surface area contributed by atoms with Gasteiger partial charge in [-0.3, -0.25) is 0 Å². The molecule has 4 nitrogen and oxygen atoms in total. The Bertz CT molecular complexity index is 450. The Balaban J connectivity index is 1.59. The highest BCUT2D eigenvalue weighted by atomic mass is 19.1. The molecular weight excluding hydrogens is 267 g/mol. The van der Waals surface area contributed by atoms with E-state index in [-0.39, 0.29) is 5.82 Å². The average molecular weight is 292 g/mol. The van der Waals surface area contributed by atoms with Crippen molar-refractivity contribution in [3.8, 4) is 0 Å². The Kier molecular flexibility index (Phi) is 4.68. The van der Waals surface area contributed by atoms with E-state index in [1.807, 2.05) is 0 Å². The van der Waals surface area contributed by atoms with E-state index in [1.165, 1.54) is 57.6 Å². The molecule has 2 atom stereocenters. The minimum absolute atomic E-state index is 0.366. The summed E-state index contributed by atoms with van der Waals surface area (Å²) in [5.41, 5.74) is 0. The van der Waals surface area contributed by atoms with Crippen LogP contribution in [0.2, 0.25) is 0 Å². The quantitative estimate of drug-likeness (QED) is 0.857. The zero-order chi connectivity index (χ0) is 14.7. The molecule has 0 amide bonds. The number of rotatable bonds is 3. The molecule has 0 unspecified atom stereocenters. The summed E-state index contributed by atoms with van der Waals surface area (Å²) < 4.78 is 12.9. The topological polar surface area (TPSA) is 32.3 Å². The van der Waals surface area contributed by atoms with Gasteiger partial charge in [0, 0.05) is 25.7 Å². The highest BCUT2D eigenvalue weighted by Gasteiger charge is 2.26. The van der Waals surface area contributed by atoms with Crippen molar-refractivity contribution in [2.75, 3.05) is 31.1 Å². The Morgan fingerprint density at radius 2 is 1.95 bits per heavy atom. The zero-order valence-electron chi connectivity index (χ0n) is 12.8. The molecule has 0 N–H and O–H groups in total. The molecule has 0 aliphatic carbocycles. The number of halogens is 1. The second-order valence-corrected chi connectivity index (χ2v) is 6.50. The van der Waals surface area contributed by atoms with E-state index in [4.69, 9.17) is 0 Å². The Morgan fingerprint density at radius 1 is 1.14 bits per heavy atom. The average Bonchev–Trinajstić information content (AvgIpc) is 2.51. The first-order valence-corrected chi connectivity index (χ1v) is 8.19. The van der Waals surface area contributed by atoms with E-state index in [9.17, 15) is 4.39 Å². The summed E-state index contributed by atoms with van der Waals surface area (Å²) in [7, 11) is 0. The van der Waals surface area contributed by atoms with Crippen molar-refractivity contribution in [3.05, 3.63) is 18.2 Å².